The van der Waals surface area contributed by atoms with E-state index in [-0.39, 0.29) is 29.8 Å². The van der Waals surface area contributed by atoms with Gasteiger partial charge in [-0.1, -0.05) is 6.07 Å². The summed E-state index contributed by atoms with van der Waals surface area (Å²) >= 11 is 0. The fraction of sp³-hybridized carbons (Fsp3) is 0.643. The first-order valence-corrected chi connectivity index (χ1v) is 13.9. The van der Waals surface area contributed by atoms with Crippen LogP contribution in [0.25, 0.3) is 0 Å². The molecule has 1 amide bonds. The van der Waals surface area contributed by atoms with E-state index in [0.717, 1.165) is 68.1 Å². The molecule has 38 heavy (non-hydrogen) atoms. The lowest BCUT2D eigenvalue weighted by atomic mass is 9.73. The smallest absolute Gasteiger partial charge is 0.409 e. The van der Waals surface area contributed by atoms with Crippen molar-refractivity contribution in [1.82, 2.24) is 30.9 Å². The van der Waals surface area contributed by atoms with E-state index in [1.54, 1.807) is 4.90 Å². The van der Waals surface area contributed by atoms with Crippen molar-refractivity contribution in [2.75, 3.05) is 37.7 Å². The summed E-state index contributed by atoms with van der Waals surface area (Å²) in [5, 5.41) is 8.31. The Morgan fingerprint density at radius 2 is 1.97 bits per heavy atom. The van der Waals surface area contributed by atoms with Gasteiger partial charge in [0.1, 0.15) is 5.82 Å². The Morgan fingerprint density at radius 3 is 2.68 bits per heavy atom. The maximum atomic E-state index is 11.9. The maximum absolute atomic E-state index is 11.9. The van der Waals surface area contributed by atoms with Gasteiger partial charge in [-0.05, 0) is 70.1 Å². The average molecular weight is 522 g/mol. The molecule has 5 atom stereocenters. The van der Waals surface area contributed by atoms with Gasteiger partial charge >= 0.3 is 6.09 Å². The molecule has 10 heteroatoms. The molecule has 1 saturated carbocycles. The number of nitrogens with one attached hydrogen (secondary N) is 2. The van der Waals surface area contributed by atoms with Gasteiger partial charge in [0.05, 0.1) is 36.7 Å². The highest BCUT2D eigenvalue weighted by molar-refractivity contribution is 5.69. The van der Waals surface area contributed by atoms with Crippen molar-refractivity contribution in [2.24, 2.45) is 11.3 Å². The van der Waals surface area contributed by atoms with Gasteiger partial charge in [-0.2, -0.15) is 10.2 Å². The van der Waals surface area contributed by atoms with Crippen LogP contribution in [0, 0.1) is 25.2 Å². The molecular formula is C28H39N7O3. The third-order valence-electron chi connectivity index (χ3n) is 8.87. The molecule has 2 aromatic rings. The van der Waals surface area contributed by atoms with Gasteiger partial charge in [-0.25, -0.2) is 15.2 Å². The number of fused-ring (bicyclic) bond motifs is 1. The first kappa shape index (κ1) is 25.5. The van der Waals surface area contributed by atoms with Crippen molar-refractivity contribution in [2.45, 2.75) is 71.2 Å². The van der Waals surface area contributed by atoms with Crippen LogP contribution in [0.3, 0.4) is 0 Å². The van der Waals surface area contributed by atoms with Crippen LogP contribution in [0.4, 0.5) is 10.6 Å². The Bertz CT molecular complexity index is 1140. The highest BCUT2D eigenvalue weighted by Crippen LogP contribution is 2.43. The molecule has 1 spiro atoms. The van der Waals surface area contributed by atoms with E-state index in [9.17, 15) is 4.79 Å². The molecule has 0 bridgehead atoms. The number of hydrogen-bond donors (Lipinski definition) is 2. The van der Waals surface area contributed by atoms with Crippen LogP contribution >= 0.6 is 0 Å². The summed E-state index contributed by atoms with van der Waals surface area (Å²) in [6.45, 7) is 11.9. The van der Waals surface area contributed by atoms with Crippen molar-refractivity contribution in [3.05, 3.63) is 46.9 Å². The molecule has 1 aliphatic carbocycles. The van der Waals surface area contributed by atoms with Gasteiger partial charge in [-0.15, -0.1) is 0 Å². The van der Waals surface area contributed by atoms with Gasteiger partial charge in [0, 0.05) is 49.4 Å². The number of aromatic nitrogens is 3. The molecule has 3 aliphatic heterocycles. The Balaban J connectivity index is 1.05. The number of pyridine rings is 1. The number of carbonyl (C=O) groups excluding carboxylic acids is 1. The first-order valence-electron chi connectivity index (χ1n) is 13.9. The number of amides is 1. The summed E-state index contributed by atoms with van der Waals surface area (Å²) in [5.74, 6) is 1.45. The summed E-state index contributed by atoms with van der Waals surface area (Å²) in [5.41, 5.74) is 11.7. The average Bonchev–Trinajstić information content (AvgIpc) is 3.26. The number of hydrazine groups is 1. The van der Waals surface area contributed by atoms with Crippen LogP contribution in [-0.4, -0.2) is 71.1 Å². The molecule has 2 aromatic heterocycles. The molecular weight excluding hydrogens is 482 g/mol. The monoisotopic (exact) mass is 521 g/mol. The molecule has 0 radical (unpaired) electrons. The quantitative estimate of drug-likeness (QED) is 0.593. The summed E-state index contributed by atoms with van der Waals surface area (Å²) < 4.78 is 11.7. The molecule has 204 valence electrons. The minimum atomic E-state index is -0.195. The lowest BCUT2D eigenvalue weighted by Crippen LogP contribution is -2.73. The van der Waals surface area contributed by atoms with Crippen molar-refractivity contribution < 1.29 is 14.3 Å². The zero-order valence-electron chi connectivity index (χ0n) is 22.8. The van der Waals surface area contributed by atoms with Crippen LogP contribution in [0.1, 0.15) is 67.6 Å². The molecule has 2 N–H and O–H groups in total. The second-order valence-corrected chi connectivity index (χ2v) is 11.6. The zero-order chi connectivity index (χ0) is 26.4. The van der Waals surface area contributed by atoms with E-state index < -0.39 is 0 Å². The SMILES string of the molecule is CCOC(=O)N1CC2(C1)CN(c1ccc(C3NNC4CCC(O[C@H](C)c5c(C)cnnc5C)CC43)cn1)C2. The summed E-state index contributed by atoms with van der Waals surface area (Å²) in [6.07, 6.45) is 6.99. The Hall–Kier alpha value is -2.82. The van der Waals surface area contributed by atoms with Crippen molar-refractivity contribution in [1.29, 1.82) is 0 Å². The highest BCUT2D eigenvalue weighted by Gasteiger charge is 2.54. The van der Waals surface area contributed by atoms with E-state index in [0.29, 0.717) is 18.6 Å². The predicted octanol–water partition coefficient (Wildman–Crippen LogP) is 3.23. The topological polar surface area (TPSA) is 105 Å². The third-order valence-corrected chi connectivity index (χ3v) is 8.87. The first-order chi connectivity index (χ1) is 18.4. The minimum Gasteiger partial charge on any atom is -0.450 e. The third kappa shape index (κ3) is 4.63. The van der Waals surface area contributed by atoms with E-state index in [2.05, 4.69) is 51.9 Å². The van der Waals surface area contributed by atoms with Gasteiger partial charge in [0.25, 0.3) is 0 Å². The second-order valence-electron chi connectivity index (χ2n) is 11.6. The van der Waals surface area contributed by atoms with Crippen molar-refractivity contribution in [3.63, 3.8) is 0 Å². The minimum absolute atomic E-state index is 0.00590. The standard InChI is InChI=1S/C28H39N7O3/c1-5-37-27(36)35-15-28(16-35)13-34(14-28)24-9-6-20(12-29-24)26-22-10-21(7-8-23(22)32-33-26)38-19(4)25-17(2)11-30-31-18(25)3/h6,9,11-12,19,21-23,26,32-33H,5,7-8,10,13-16H2,1-4H3/t19-,21?,22?,23?,26?/m1/s1. The lowest BCUT2D eigenvalue weighted by molar-refractivity contribution is -0.0377. The molecule has 5 heterocycles. The summed E-state index contributed by atoms with van der Waals surface area (Å²) in [4.78, 5) is 20.8. The van der Waals surface area contributed by atoms with Gasteiger partial charge < -0.3 is 19.3 Å². The predicted molar refractivity (Wildman–Crippen MR) is 142 cm³/mol. The Morgan fingerprint density at radius 1 is 1.16 bits per heavy atom. The van der Waals surface area contributed by atoms with Crippen LogP contribution in [-0.2, 0) is 9.47 Å². The normalized spacial score (nSPS) is 28.4. The largest absolute Gasteiger partial charge is 0.450 e. The number of rotatable bonds is 6. The Kier molecular flexibility index (Phi) is 6.74. The highest BCUT2D eigenvalue weighted by atomic mass is 16.6. The van der Waals surface area contributed by atoms with Crippen molar-refractivity contribution in [3.8, 4) is 0 Å². The number of ether oxygens (including phenoxy) is 2. The van der Waals surface area contributed by atoms with E-state index >= 15 is 0 Å². The second kappa shape index (κ2) is 10.1. The number of aryl methyl sites for hydroxylation is 2. The van der Waals surface area contributed by atoms with E-state index in [1.807, 2.05) is 26.2 Å². The van der Waals surface area contributed by atoms with Gasteiger partial charge in [0.2, 0.25) is 0 Å². The molecule has 6 rings (SSSR count). The van der Waals surface area contributed by atoms with Gasteiger partial charge in [-0.3, -0.25) is 5.43 Å². The zero-order valence-corrected chi connectivity index (χ0v) is 22.8. The fourth-order valence-electron chi connectivity index (χ4n) is 7.05. The molecule has 0 aromatic carbocycles. The van der Waals surface area contributed by atoms with Crippen LogP contribution in [0.15, 0.2) is 24.5 Å². The number of carbonyl (C=O) groups is 1. The fourth-order valence-corrected chi connectivity index (χ4v) is 7.05. The molecule has 10 nitrogen and oxygen atoms in total. The number of nitrogens with zero attached hydrogens (tertiary/aromatic N) is 5. The van der Waals surface area contributed by atoms with Crippen LogP contribution < -0.4 is 15.8 Å². The molecule has 4 fully saturated rings. The molecule has 3 saturated heterocycles. The van der Waals surface area contributed by atoms with Crippen LogP contribution in [0.2, 0.25) is 0 Å². The van der Waals surface area contributed by atoms with Crippen LogP contribution in [0.5, 0.6) is 0 Å². The number of likely N-dealkylation sites (tertiary alicyclic amines) is 1. The van der Waals surface area contributed by atoms with Gasteiger partial charge in [0.15, 0.2) is 0 Å². The number of hydrogen-bond acceptors (Lipinski definition) is 9. The summed E-state index contributed by atoms with van der Waals surface area (Å²) in [6, 6.07) is 5.00. The number of anilines is 1. The molecule has 4 aliphatic rings. The lowest BCUT2D eigenvalue weighted by Gasteiger charge is -2.59. The maximum Gasteiger partial charge on any atom is 0.409 e. The Labute approximate surface area is 224 Å². The van der Waals surface area contributed by atoms with Crippen molar-refractivity contribution >= 4 is 11.9 Å². The summed E-state index contributed by atoms with van der Waals surface area (Å²) in [7, 11) is 0. The van der Waals surface area contributed by atoms with E-state index in [1.165, 1.54) is 5.56 Å². The van der Waals surface area contributed by atoms with E-state index in [4.69, 9.17) is 14.5 Å². The molecule has 4 unspecified atom stereocenters.